The number of nitrogens with zero attached hydrogens (tertiary/aromatic N) is 1. The molecule has 8 heteroatoms. The molecule has 1 amide bonds. The molecule has 118 valence electrons. The van der Waals surface area contributed by atoms with Crippen LogP contribution < -0.4 is 11.1 Å². The average molecular weight is 376 g/mol. The zero-order valence-electron chi connectivity index (χ0n) is 11.4. The molecule has 3 aromatic rings. The van der Waals surface area contributed by atoms with Crippen molar-refractivity contribution >= 4 is 69.4 Å². The van der Waals surface area contributed by atoms with Crippen LogP contribution in [0.1, 0.15) is 18.0 Å². The molecule has 1 unspecified atom stereocenters. The molecule has 3 rings (SSSR count). The van der Waals surface area contributed by atoms with Crippen molar-refractivity contribution < 1.29 is 4.79 Å². The highest BCUT2D eigenvalue weighted by Crippen LogP contribution is 2.23. The van der Waals surface area contributed by atoms with E-state index in [4.69, 9.17) is 5.73 Å². The van der Waals surface area contributed by atoms with Gasteiger partial charge in [0.2, 0.25) is 5.91 Å². The largest absolute Gasteiger partial charge is 0.326 e. The summed E-state index contributed by atoms with van der Waals surface area (Å²) in [4.78, 5) is 12.0. The molecule has 0 spiro atoms. The van der Waals surface area contributed by atoms with E-state index in [0.717, 1.165) is 21.3 Å². The van der Waals surface area contributed by atoms with Crippen LogP contribution >= 0.6 is 47.7 Å². The molecule has 4 nitrogen and oxygen atoms in total. The van der Waals surface area contributed by atoms with Gasteiger partial charge in [0.15, 0.2) is 0 Å². The summed E-state index contributed by atoms with van der Waals surface area (Å²) in [5, 5.41) is 7.90. The molecule has 0 bridgehead atoms. The minimum absolute atomic E-state index is 0. The fourth-order valence-corrected chi connectivity index (χ4v) is 3.36. The van der Waals surface area contributed by atoms with Crippen molar-refractivity contribution in [3.63, 3.8) is 0 Å². The molecule has 0 fully saturated rings. The number of anilines is 1. The SMILES string of the molecule is Cl.Cl.NC(CC(=O)Nc1ccc2cnsc2c1)c1ccsc1. The fraction of sp³-hybridized carbons (Fsp3) is 0.143. The zero-order valence-corrected chi connectivity index (χ0v) is 14.7. The maximum Gasteiger partial charge on any atom is 0.226 e. The van der Waals surface area contributed by atoms with Gasteiger partial charge in [0.1, 0.15) is 0 Å². The number of carbonyl (C=O) groups is 1. The van der Waals surface area contributed by atoms with Crippen molar-refractivity contribution in [2.75, 3.05) is 5.32 Å². The summed E-state index contributed by atoms with van der Waals surface area (Å²) in [5.41, 5.74) is 7.79. The maximum atomic E-state index is 12.0. The van der Waals surface area contributed by atoms with Gasteiger partial charge in [-0.05, 0) is 52.1 Å². The number of fused-ring (bicyclic) bond motifs is 1. The van der Waals surface area contributed by atoms with Crippen LogP contribution in [0.4, 0.5) is 5.69 Å². The van der Waals surface area contributed by atoms with E-state index in [-0.39, 0.29) is 43.2 Å². The highest BCUT2D eigenvalue weighted by atomic mass is 35.5. The summed E-state index contributed by atoms with van der Waals surface area (Å²) >= 11 is 3.00. The Labute approximate surface area is 148 Å². The van der Waals surface area contributed by atoms with Crippen molar-refractivity contribution in [2.24, 2.45) is 5.73 Å². The van der Waals surface area contributed by atoms with Gasteiger partial charge in [-0.25, -0.2) is 0 Å². The molecular weight excluding hydrogens is 361 g/mol. The first-order valence-electron chi connectivity index (χ1n) is 6.14. The number of nitrogens with one attached hydrogen (secondary N) is 1. The molecule has 1 atom stereocenters. The van der Waals surface area contributed by atoms with E-state index in [2.05, 4.69) is 9.69 Å². The van der Waals surface area contributed by atoms with Crippen molar-refractivity contribution in [1.82, 2.24) is 4.37 Å². The molecule has 2 heterocycles. The number of nitrogens with two attached hydrogens (primary N) is 1. The molecule has 2 aromatic heterocycles. The lowest BCUT2D eigenvalue weighted by Gasteiger charge is -2.10. The Balaban J connectivity index is 0.00000121. The van der Waals surface area contributed by atoms with Gasteiger partial charge < -0.3 is 11.1 Å². The van der Waals surface area contributed by atoms with Crippen LogP contribution in [0.25, 0.3) is 10.1 Å². The third kappa shape index (κ3) is 4.41. The van der Waals surface area contributed by atoms with Crippen LogP contribution in [0.15, 0.2) is 41.2 Å². The number of carbonyl (C=O) groups excluding carboxylic acids is 1. The van der Waals surface area contributed by atoms with Gasteiger partial charge in [0.25, 0.3) is 0 Å². The van der Waals surface area contributed by atoms with Gasteiger partial charge in [-0.15, -0.1) is 24.8 Å². The van der Waals surface area contributed by atoms with Gasteiger partial charge in [0, 0.05) is 29.7 Å². The third-order valence-corrected chi connectivity index (χ3v) is 4.48. The van der Waals surface area contributed by atoms with E-state index in [1.54, 1.807) is 11.3 Å². The highest BCUT2D eigenvalue weighted by Gasteiger charge is 2.12. The molecule has 1 aromatic carbocycles. The minimum atomic E-state index is -0.256. The summed E-state index contributed by atoms with van der Waals surface area (Å²) in [6.07, 6.45) is 2.09. The number of halogens is 2. The first kappa shape index (κ1) is 18.9. The van der Waals surface area contributed by atoms with Gasteiger partial charge in [-0.3, -0.25) is 4.79 Å². The molecule has 22 heavy (non-hydrogen) atoms. The second kappa shape index (κ2) is 8.45. The molecule has 0 radical (unpaired) electrons. The molecule has 3 N–H and O–H groups in total. The second-order valence-corrected chi connectivity index (χ2v) is 6.11. The van der Waals surface area contributed by atoms with Gasteiger partial charge >= 0.3 is 0 Å². The van der Waals surface area contributed by atoms with Crippen LogP contribution in [0.2, 0.25) is 0 Å². The summed E-state index contributed by atoms with van der Waals surface area (Å²) in [5.74, 6) is -0.0763. The highest BCUT2D eigenvalue weighted by molar-refractivity contribution is 7.13. The quantitative estimate of drug-likeness (QED) is 0.716. The Morgan fingerprint density at radius 1 is 1.32 bits per heavy atom. The van der Waals surface area contributed by atoms with Crippen LogP contribution in [0, 0.1) is 0 Å². The van der Waals surface area contributed by atoms with E-state index in [0.29, 0.717) is 0 Å². The maximum absolute atomic E-state index is 12.0. The Morgan fingerprint density at radius 3 is 2.86 bits per heavy atom. The van der Waals surface area contributed by atoms with E-state index in [9.17, 15) is 4.79 Å². The van der Waals surface area contributed by atoms with Crippen LogP contribution in [-0.2, 0) is 4.79 Å². The topological polar surface area (TPSA) is 68.0 Å². The van der Waals surface area contributed by atoms with Crippen molar-refractivity contribution in [3.8, 4) is 0 Å². The Kier molecular flexibility index (Phi) is 7.25. The number of thiophene rings is 1. The Bertz CT molecular complexity index is 731. The number of rotatable bonds is 4. The lowest BCUT2D eigenvalue weighted by molar-refractivity contribution is -0.116. The predicted molar refractivity (Wildman–Crippen MR) is 98.6 cm³/mol. The summed E-state index contributed by atoms with van der Waals surface area (Å²) in [7, 11) is 0. The third-order valence-electron chi connectivity index (χ3n) is 3.02. The first-order chi connectivity index (χ1) is 9.72. The van der Waals surface area contributed by atoms with Gasteiger partial charge in [-0.2, -0.15) is 15.7 Å². The first-order valence-corrected chi connectivity index (χ1v) is 7.86. The fourth-order valence-electron chi connectivity index (χ4n) is 1.95. The number of hydrogen-bond acceptors (Lipinski definition) is 5. The summed E-state index contributed by atoms with van der Waals surface area (Å²) in [6.45, 7) is 0. The van der Waals surface area contributed by atoms with E-state index in [1.165, 1.54) is 11.5 Å². The monoisotopic (exact) mass is 375 g/mol. The minimum Gasteiger partial charge on any atom is -0.326 e. The molecule has 0 saturated carbocycles. The zero-order chi connectivity index (χ0) is 13.9. The average Bonchev–Trinajstić information content (AvgIpc) is 3.09. The molecule has 0 aliphatic carbocycles. The molecular formula is C14H15Cl2N3OS2. The smallest absolute Gasteiger partial charge is 0.226 e. The lowest BCUT2D eigenvalue weighted by Crippen LogP contribution is -2.20. The molecule has 0 saturated heterocycles. The van der Waals surface area contributed by atoms with Crippen LogP contribution in [0.5, 0.6) is 0 Å². The van der Waals surface area contributed by atoms with E-state index < -0.39 is 0 Å². The second-order valence-electron chi connectivity index (χ2n) is 4.49. The van der Waals surface area contributed by atoms with Gasteiger partial charge in [0.05, 0.1) is 4.70 Å². The van der Waals surface area contributed by atoms with E-state index in [1.807, 2.05) is 41.2 Å². The van der Waals surface area contributed by atoms with Gasteiger partial charge in [-0.1, -0.05) is 0 Å². The van der Waals surface area contributed by atoms with Crippen LogP contribution in [0.3, 0.4) is 0 Å². The van der Waals surface area contributed by atoms with Crippen molar-refractivity contribution in [2.45, 2.75) is 12.5 Å². The Morgan fingerprint density at radius 2 is 2.14 bits per heavy atom. The molecule has 0 aliphatic rings. The predicted octanol–water partition coefficient (Wildman–Crippen LogP) is 4.23. The summed E-state index contributed by atoms with van der Waals surface area (Å²) < 4.78 is 5.17. The Hall–Kier alpha value is -1.18. The normalized spacial score (nSPS) is 11.3. The number of aromatic nitrogens is 1. The van der Waals surface area contributed by atoms with Crippen molar-refractivity contribution in [3.05, 3.63) is 46.8 Å². The van der Waals surface area contributed by atoms with Crippen molar-refractivity contribution in [1.29, 1.82) is 0 Å². The number of amides is 1. The lowest BCUT2D eigenvalue weighted by atomic mass is 10.1. The standard InChI is InChI=1S/C14H13N3OS2.2ClH/c15-12(10-3-4-19-8-10)6-14(18)17-11-2-1-9-7-16-20-13(9)5-11;;/h1-5,7-8,12H,6,15H2,(H,17,18);2*1H. The molecule has 0 aliphatic heterocycles. The van der Waals surface area contributed by atoms with Crippen LogP contribution in [-0.4, -0.2) is 10.3 Å². The number of benzene rings is 1. The van der Waals surface area contributed by atoms with E-state index >= 15 is 0 Å². The summed E-state index contributed by atoms with van der Waals surface area (Å²) in [6, 6.07) is 7.46. The number of hydrogen-bond donors (Lipinski definition) is 2.